The normalized spacial score (nSPS) is 10.3. The number of rotatable bonds is 4. The van der Waals surface area contributed by atoms with Crippen LogP contribution < -0.4 is 11.1 Å². The van der Waals surface area contributed by atoms with Gasteiger partial charge in [-0.15, -0.1) is 0 Å². The standard InChI is InChI=1S/C16H18ClN5O2/c1-9-13(17)14(21-16(18)20-9)10-5-4-6-11(7-10)15(24)19-8-12(23)22(2)3/h4-7H,8H2,1-3H3,(H,19,24)(H2,18,20,21). The van der Waals surface area contributed by atoms with Gasteiger partial charge in [-0.2, -0.15) is 0 Å². The molecular weight excluding hydrogens is 330 g/mol. The van der Waals surface area contributed by atoms with Crippen molar-refractivity contribution in [3.05, 3.63) is 40.5 Å². The van der Waals surface area contributed by atoms with Gasteiger partial charge in [0.2, 0.25) is 11.9 Å². The van der Waals surface area contributed by atoms with Crippen LogP contribution >= 0.6 is 11.6 Å². The lowest BCUT2D eigenvalue weighted by atomic mass is 10.1. The van der Waals surface area contributed by atoms with Crippen LogP contribution in [0.2, 0.25) is 5.02 Å². The van der Waals surface area contributed by atoms with Crippen molar-refractivity contribution in [1.29, 1.82) is 0 Å². The summed E-state index contributed by atoms with van der Waals surface area (Å²) in [6, 6.07) is 6.77. The molecule has 0 bridgehead atoms. The molecule has 2 aromatic rings. The van der Waals surface area contributed by atoms with Gasteiger partial charge < -0.3 is 16.0 Å². The Morgan fingerprint density at radius 1 is 1.29 bits per heavy atom. The number of hydrogen-bond acceptors (Lipinski definition) is 5. The Morgan fingerprint density at radius 2 is 2.00 bits per heavy atom. The van der Waals surface area contributed by atoms with E-state index in [2.05, 4.69) is 15.3 Å². The van der Waals surface area contributed by atoms with E-state index in [9.17, 15) is 9.59 Å². The third-order valence-electron chi connectivity index (χ3n) is 3.33. The topological polar surface area (TPSA) is 101 Å². The molecule has 0 saturated carbocycles. The van der Waals surface area contributed by atoms with Crippen molar-refractivity contribution >= 4 is 29.4 Å². The molecule has 0 fully saturated rings. The summed E-state index contributed by atoms with van der Waals surface area (Å²) in [5.74, 6) is -0.443. The van der Waals surface area contributed by atoms with Crippen LogP contribution in [0.1, 0.15) is 16.1 Å². The van der Waals surface area contributed by atoms with Gasteiger partial charge >= 0.3 is 0 Å². The number of benzene rings is 1. The Kier molecular flexibility index (Phi) is 5.35. The zero-order valence-corrected chi connectivity index (χ0v) is 14.4. The van der Waals surface area contributed by atoms with E-state index in [0.717, 1.165) is 0 Å². The van der Waals surface area contributed by atoms with Gasteiger partial charge in [0, 0.05) is 25.2 Å². The maximum atomic E-state index is 12.2. The minimum atomic E-state index is -0.359. The summed E-state index contributed by atoms with van der Waals surface area (Å²) in [6.07, 6.45) is 0. The van der Waals surface area contributed by atoms with Crippen molar-refractivity contribution in [2.24, 2.45) is 0 Å². The van der Waals surface area contributed by atoms with Gasteiger partial charge in [-0.3, -0.25) is 9.59 Å². The van der Waals surface area contributed by atoms with Gasteiger partial charge in [0.1, 0.15) is 0 Å². The molecule has 0 aliphatic carbocycles. The number of nitrogen functional groups attached to an aromatic ring is 1. The number of aromatic nitrogens is 2. The summed E-state index contributed by atoms with van der Waals surface area (Å²) in [4.78, 5) is 33.3. The maximum Gasteiger partial charge on any atom is 0.251 e. The second-order valence-corrected chi connectivity index (χ2v) is 5.76. The van der Waals surface area contributed by atoms with Crippen LogP contribution in [0, 0.1) is 6.92 Å². The van der Waals surface area contributed by atoms with Crippen molar-refractivity contribution in [2.45, 2.75) is 6.92 Å². The van der Waals surface area contributed by atoms with E-state index < -0.39 is 0 Å². The lowest BCUT2D eigenvalue weighted by Crippen LogP contribution is -2.36. The summed E-state index contributed by atoms with van der Waals surface area (Å²) in [6.45, 7) is 1.66. The molecule has 0 atom stereocenters. The Bertz CT molecular complexity index is 792. The minimum Gasteiger partial charge on any atom is -0.368 e. The van der Waals surface area contributed by atoms with E-state index in [1.54, 1.807) is 45.3 Å². The molecule has 1 heterocycles. The quantitative estimate of drug-likeness (QED) is 0.872. The highest BCUT2D eigenvalue weighted by Crippen LogP contribution is 2.28. The van der Waals surface area contributed by atoms with Gasteiger partial charge in [0.25, 0.3) is 5.91 Å². The molecule has 0 aliphatic rings. The van der Waals surface area contributed by atoms with Gasteiger partial charge in [-0.25, -0.2) is 9.97 Å². The molecule has 2 amide bonds. The predicted molar refractivity (Wildman–Crippen MR) is 92.7 cm³/mol. The average Bonchev–Trinajstić information content (AvgIpc) is 2.55. The van der Waals surface area contributed by atoms with E-state index in [0.29, 0.717) is 27.5 Å². The second-order valence-electron chi connectivity index (χ2n) is 5.38. The van der Waals surface area contributed by atoms with Crippen molar-refractivity contribution in [3.8, 4) is 11.3 Å². The zero-order valence-electron chi connectivity index (χ0n) is 13.6. The van der Waals surface area contributed by atoms with Gasteiger partial charge in [-0.05, 0) is 19.1 Å². The fourth-order valence-corrected chi connectivity index (χ4v) is 2.19. The minimum absolute atomic E-state index is 0.0730. The lowest BCUT2D eigenvalue weighted by Gasteiger charge is -2.12. The number of nitrogens with zero attached hydrogens (tertiary/aromatic N) is 3. The summed E-state index contributed by atoms with van der Waals surface area (Å²) in [5.41, 5.74) is 7.73. The molecular formula is C16H18ClN5O2. The first-order valence-corrected chi connectivity index (χ1v) is 7.55. The average molecular weight is 348 g/mol. The van der Waals surface area contributed by atoms with Crippen molar-refractivity contribution in [3.63, 3.8) is 0 Å². The summed E-state index contributed by atoms with van der Waals surface area (Å²) < 4.78 is 0. The fourth-order valence-electron chi connectivity index (χ4n) is 2.00. The summed E-state index contributed by atoms with van der Waals surface area (Å²) in [5, 5.41) is 2.95. The molecule has 0 unspecified atom stereocenters. The second kappa shape index (κ2) is 7.27. The molecule has 0 radical (unpaired) electrons. The first-order chi connectivity index (χ1) is 11.3. The Hall–Kier alpha value is -2.67. The third-order valence-corrected chi connectivity index (χ3v) is 3.78. The molecule has 2 rings (SSSR count). The van der Waals surface area contributed by atoms with Crippen LogP contribution in [0.4, 0.5) is 5.95 Å². The summed E-state index contributed by atoms with van der Waals surface area (Å²) in [7, 11) is 3.25. The van der Waals surface area contributed by atoms with Crippen LogP contribution in [0.5, 0.6) is 0 Å². The third kappa shape index (κ3) is 3.99. The molecule has 24 heavy (non-hydrogen) atoms. The van der Waals surface area contributed by atoms with E-state index >= 15 is 0 Å². The SMILES string of the molecule is Cc1nc(N)nc(-c2cccc(C(=O)NCC(=O)N(C)C)c2)c1Cl. The molecule has 0 spiro atoms. The Morgan fingerprint density at radius 3 is 2.67 bits per heavy atom. The number of halogens is 1. The fraction of sp³-hybridized carbons (Fsp3) is 0.250. The number of nitrogens with one attached hydrogen (secondary N) is 1. The molecule has 0 aliphatic heterocycles. The molecule has 7 nitrogen and oxygen atoms in total. The van der Waals surface area contributed by atoms with Crippen LogP contribution in [0.15, 0.2) is 24.3 Å². The highest BCUT2D eigenvalue weighted by Gasteiger charge is 2.14. The number of nitrogens with two attached hydrogens (primary N) is 1. The lowest BCUT2D eigenvalue weighted by molar-refractivity contribution is -0.127. The highest BCUT2D eigenvalue weighted by molar-refractivity contribution is 6.33. The van der Waals surface area contributed by atoms with Gasteiger partial charge in [0.15, 0.2) is 0 Å². The van der Waals surface area contributed by atoms with E-state index in [1.807, 2.05) is 0 Å². The van der Waals surface area contributed by atoms with Crippen LogP contribution in [-0.4, -0.2) is 47.3 Å². The van der Waals surface area contributed by atoms with Gasteiger partial charge in [-0.1, -0.05) is 23.7 Å². The Balaban J connectivity index is 2.26. The summed E-state index contributed by atoms with van der Waals surface area (Å²) >= 11 is 6.24. The largest absolute Gasteiger partial charge is 0.368 e. The highest BCUT2D eigenvalue weighted by atomic mass is 35.5. The first-order valence-electron chi connectivity index (χ1n) is 7.18. The van der Waals surface area contributed by atoms with Crippen LogP contribution in [-0.2, 0) is 4.79 Å². The van der Waals surface area contributed by atoms with E-state index in [-0.39, 0.29) is 24.3 Å². The van der Waals surface area contributed by atoms with Crippen molar-refractivity contribution in [2.75, 3.05) is 26.4 Å². The zero-order chi connectivity index (χ0) is 17.9. The smallest absolute Gasteiger partial charge is 0.251 e. The number of carbonyl (C=O) groups excluding carboxylic acids is 2. The van der Waals surface area contributed by atoms with Crippen LogP contribution in [0.3, 0.4) is 0 Å². The molecule has 126 valence electrons. The number of anilines is 1. The number of carbonyl (C=O) groups is 2. The number of hydrogen-bond donors (Lipinski definition) is 2. The number of amides is 2. The van der Waals surface area contributed by atoms with Gasteiger partial charge in [0.05, 0.1) is 23.0 Å². The van der Waals surface area contributed by atoms with Crippen molar-refractivity contribution < 1.29 is 9.59 Å². The van der Waals surface area contributed by atoms with Crippen LogP contribution in [0.25, 0.3) is 11.3 Å². The van der Waals surface area contributed by atoms with E-state index in [1.165, 1.54) is 4.90 Å². The predicted octanol–water partition coefficient (Wildman–Crippen LogP) is 1.51. The van der Waals surface area contributed by atoms with E-state index in [4.69, 9.17) is 17.3 Å². The molecule has 0 saturated heterocycles. The molecule has 8 heteroatoms. The maximum absolute atomic E-state index is 12.2. The number of likely N-dealkylation sites (N-methyl/N-ethyl adjacent to an activating group) is 1. The molecule has 1 aromatic heterocycles. The Labute approximate surface area is 144 Å². The van der Waals surface area contributed by atoms with Crippen molar-refractivity contribution in [1.82, 2.24) is 20.2 Å². The monoisotopic (exact) mass is 347 g/mol. The molecule has 1 aromatic carbocycles. The first kappa shape index (κ1) is 17.7. The number of aryl methyl sites for hydroxylation is 1. The molecule has 3 N–H and O–H groups in total.